The van der Waals surface area contributed by atoms with Crippen LogP contribution < -0.4 is 11.1 Å². The van der Waals surface area contributed by atoms with Crippen LogP contribution in [-0.2, 0) is 4.74 Å². The topological polar surface area (TPSA) is 62.9 Å². The molecular formula is C13H29IN4O. The molecule has 6 heteroatoms. The van der Waals surface area contributed by atoms with Crippen molar-refractivity contribution in [3.8, 4) is 0 Å². The Labute approximate surface area is 134 Å². The number of hydrogen-bond donors (Lipinski definition) is 2. The number of hydrogen-bond acceptors (Lipinski definition) is 3. The minimum Gasteiger partial charge on any atom is -0.383 e. The molecule has 114 valence electrons. The zero-order chi connectivity index (χ0) is 13.2. The monoisotopic (exact) mass is 384 g/mol. The molecule has 0 bridgehead atoms. The van der Waals surface area contributed by atoms with Gasteiger partial charge in [0.2, 0.25) is 0 Å². The SMILES string of the molecule is CCCCNC(N)=NCC1CCCN1CCOC.I. The van der Waals surface area contributed by atoms with Crippen LogP contribution in [0.15, 0.2) is 4.99 Å². The van der Waals surface area contributed by atoms with Gasteiger partial charge in [-0.2, -0.15) is 0 Å². The minimum atomic E-state index is 0. The molecule has 1 atom stereocenters. The van der Waals surface area contributed by atoms with E-state index in [4.69, 9.17) is 10.5 Å². The van der Waals surface area contributed by atoms with Crippen LogP contribution >= 0.6 is 24.0 Å². The van der Waals surface area contributed by atoms with E-state index in [0.29, 0.717) is 12.0 Å². The average Bonchev–Trinajstić information content (AvgIpc) is 2.81. The second-order valence-electron chi connectivity index (χ2n) is 4.83. The summed E-state index contributed by atoms with van der Waals surface area (Å²) in [5.41, 5.74) is 5.83. The molecule has 1 fully saturated rings. The summed E-state index contributed by atoms with van der Waals surface area (Å²) in [4.78, 5) is 6.89. The Morgan fingerprint density at radius 3 is 3.00 bits per heavy atom. The van der Waals surface area contributed by atoms with Gasteiger partial charge in [-0.15, -0.1) is 24.0 Å². The van der Waals surface area contributed by atoms with Crippen molar-refractivity contribution in [2.75, 3.05) is 39.9 Å². The molecule has 1 unspecified atom stereocenters. The van der Waals surface area contributed by atoms with Crippen LogP contribution in [0.4, 0.5) is 0 Å². The molecule has 3 N–H and O–H groups in total. The van der Waals surface area contributed by atoms with Gasteiger partial charge in [0.15, 0.2) is 5.96 Å². The number of nitrogens with one attached hydrogen (secondary N) is 1. The number of likely N-dealkylation sites (tertiary alicyclic amines) is 1. The summed E-state index contributed by atoms with van der Waals surface area (Å²) in [6, 6.07) is 0.534. The lowest BCUT2D eigenvalue weighted by molar-refractivity contribution is 0.143. The van der Waals surface area contributed by atoms with Crippen molar-refractivity contribution in [2.24, 2.45) is 10.7 Å². The smallest absolute Gasteiger partial charge is 0.188 e. The van der Waals surface area contributed by atoms with Gasteiger partial charge in [-0.05, 0) is 25.8 Å². The third-order valence-corrected chi connectivity index (χ3v) is 3.39. The number of unbranched alkanes of at least 4 members (excludes halogenated alkanes) is 1. The maximum atomic E-state index is 5.83. The molecular weight excluding hydrogens is 355 g/mol. The van der Waals surface area contributed by atoms with Crippen molar-refractivity contribution in [1.82, 2.24) is 10.2 Å². The molecule has 1 rings (SSSR count). The first-order valence-corrected chi connectivity index (χ1v) is 7.04. The van der Waals surface area contributed by atoms with Crippen LogP contribution in [0.3, 0.4) is 0 Å². The lowest BCUT2D eigenvalue weighted by atomic mass is 10.2. The van der Waals surface area contributed by atoms with Crippen molar-refractivity contribution in [3.05, 3.63) is 0 Å². The fraction of sp³-hybridized carbons (Fsp3) is 0.923. The second-order valence-corrected chi connectivity index (χ2v) is 4.83. The van der Waals surface area contributed by atoms with Gasteiger partial charge in [0.05, 0.1) is 13.2 Å². The molecule has 0 amide bonds. The van der Waals surface area contributed by atoms with E-state index in [9.17, 15) is 0 Å². The van der Waals surface area contributed by atoms with Gasteiger partial charge >= 0.3 is 0 Å². The molecule has 0 saturated carbocycles. The molecule has 0 spiro atoms. The Bertz CT molecular complexity index is 251. The van der Waals surface area contributed by atoms with Crippen molar-refractivity contribution in [3.63, 3.8) is 0 Å². The molecule has 0 aromatic carbocycles. The third-order valence-electron chi connectivity index (χ3n) is 3.39. The summed E-state index contributed by atoms with van der Waals surface area (Å²) < 4.78 is 5.13. The maximum absolute atomic E-state index is 5.83. The number of aliphatic imine (C=N–C) groups is 1. The lowest BCUT2D eigenvalue weighted by Gasteiger charge is -2.22. The molecule has 0 radical (unpaired) electrons. The van der Waals surface area contributed by atoms with Crippen LogP contribution in [0.5, 0.6) is 0 Å². The van der Waals surface area contributed by atoms with Gasteiger partial charge < -0.3 is 15.8 Å². The van der Waals surface area contributed by atoms with Gasteiger partial charge in [-0.25, -0.2) is 0 Å². The van der Waals surface area contributed by atoms with Gasteiger partial charge in [-0.1, -0.05) is 13.3 Å². The van der Waals surface area contributed by atoms with Crippen LogP contribution in [0, 0.1) is 0 Å². The molecule has 1 heterocycles. The second kappa shape index (κ2) is 11.7. The van der Waals surface area contributed by atoms with E-state index >= 15 is 0 Å². The molecule has 0 aromatic heterocycles. The summed E-state index contributed by atoms with van der Waals surface area (Å²) in [5.74, 6) is 0.585. The van der Waals surface area contributed by atoms with Gasteiger partial charge in [0.25, 0.3) is 0 Å². The first-order chi connectivity index (χ1) is 8.77. The normalized spacial score (nSPS) is 20.3. The number of nitrogens with two attached hydrogens (primary N) is 1. The summed E-state index contributed by atoms with van der Waals surface area (Å²) in [7, 11) is 1.75. The molecule has 0 aliphatic carbocycles. The molecule has 5 nitrogen and oxygen atoms in total. The zero-order valence-corrected chi connectivity index (χ0v) is 14.6. The number of nitrogens with zero attached hydrogens (tertiary/aromatic N) is 2. The first kappa shape index (κ1) is 18.9. The van der Waals surface area contributed by atoms with Gasteiger partial charge in [0.1, 0.15) is 0 Å². The van der Waals surface area contributed by atoms with Crippen LogP contribution in [0.25, 0.3) is 0 Å². The van der Waals surface area contributed by atoms with E-state index in [1.54, 1.807) is 7.11 Å². The summed E-state index contributed by atoms with van der Waals surface area (Å²) in [6.07, 6.45) is 4.79. The number of ether oxygens (including phenoxy) is 1. The number of halogens is 1. The number of guanidine groups is 1. The number of methoxy groups -OCH3 is 1. The van der Waals surface area contributed by atoms with E-state index in [2.05, 4.69) is 22.1 Å². The van der Waals surface area contributed by atoms with Crippen LogP contribution in [-0.4, -0.2) is 56.8 Å². The molecule has 0 aromatic rings. The fourth-order valence-corrected chi connectivity index (χ4v) is 2.26. The Balaban J connectivity index is 0.00000324. The van der Waals surface area contributed by atoms with Crippen molar-refractivity contribution < 1.29 is 4.74 Å². The highest BCUT2D eigenvalue weighted by atomic mass is 127. The number of rotatable bonds is 8. The van der Waals surface area contributed by atoms with E-state index in [-0.39, 0.29) is 24.0 Å². The molecule has 1 aliphatic rings. The third kappa shape index (κ3) is 7.94. The Kier molecular flexibility index (Phi) is 11.7. The quantitative estimate of drug-likeness (QED) is 0.288. The molecule has 1 saturated heterocycles. The highest BCUT2D eigenvalue weighted by Gasteiger charge is 2.23. The van der Waals surface area contributed by atoms with E-state index < -0.39 is 0 Å². The van der Waals surface area contributed by atoms with E-state index in [1.165, 1.54) is 19.3 Å². The molecule has 19 heavy (non-hydrogen) atoms. The minimum absolute atomic E-state index is 0. The highest BCUT2D eigenvalue weighted by Crippen LogP contribution is 2.16. The maximum Gasteiger partial charge on any atom is 0.188 e. The average molecular weight is 384 g/mol. The predicted molar refractivity (Wildman–Crippen MR) is 91.3 cm³/mol. The highest BCUT2D eigenvalue weighted by molar-refractivity contribution is 14.0. The van der Waals surface area contributed by atoms with Crippen molar-refractivity contribution in [1.29, 1.82) is 0 Å². The standard InChI is InChI=1S/C13H28N4O.HI/c1-3-4-7-15-13(14)16-11-12-6-5-8-17(12)9-10-18-2;/h12H,3-11H2,1-2H3,(H3,14,15,16);1H. The largest absolute Gasteiger partial charge is 0.383 e. The summed E-state index contributed by atoms with van der Waals surface area (Å²) in [6.45, 7) is 6.84. The van der Waals surface area contributed by atoms with E-state index in [1.807, 2.05) is 0 Å². The van der Waals surface area contributed by atoms with E-state index in [0.717, 1.165) is 39.2 Å². The van der Waals surface area contributed by atoms with Crippen molar-refractivity contribution in [2.45, 2.75) is 38.6 Å². The van der Waals surface area contributed by atoms with Crippen LogP contribution in [0.1, 0.15) is 32.6 Å². The van der Waals surface area contributed by atoms with Gasteiger partial charge in [-0.3, -0.25) is 9.89 Å². The van der Waals surface area contributed by atoms with Crippen molar-refractivity contribution >= 4 is 29.9 Å². The van der Waals surface area contributed by atoms with Crippen LogP contribution in [0.2, 0.25) is 0 Å². The predicted octanol–water partition coefficient (Wildman–Crippen LogP) is 1.42. The lowest BCUT2D eigenvalue weighted by Crippen LogP contribution is -2.37. The Morgan fingerprint density at radius 1 is 1.53 bits per heavy atom. The van der Waals surface area contributed by atoms with Gasteiger partial charge in [0, 0.05) is 26.2 Å². The fourth-order valence-electron chi connectivity index (χ4n) is 2.26. The first-order valence-electron chi connectivity index (χ1n) is 7.04. The Hall–Kier alpha value is -0.0800. The molecule has 1 aliphatic heterocycles. The Morgan fingerprint density at radius 2 is 2.32 bits per heavy atom. The summed E-state index contributed by atoms with van der Waals surface area (Å²) in [5, 5.41) is 3.15. The zero-order valence-electron chi connectivity index (χ0n) is 12.2. The summed E-state index contributed by atoms with van der Waals surface area (Å²) >= 11 is 0.